The van der Waals surface area contributed by atoms with Gasteiger partial charge in [0.1, 0.15) is 5.75 Å². The molecule has 3 nitrogen and oxygen atoms in total. The average molecular weight is 313 g/mol. The molecule has 17 heavy (non-hydrogen) atoms. The smallest absolute Gasteiger partial charge is 0.183 e. The van der Waals surface area contributed by atoms with Crippen LogP contribution in [-0.4, -0.2) is 18.6 Å². The van der Waals surface area contributed by atoms with E-state index in [0.717, 1.165) is 32.3 Å². The van der Waals surface area contributed by atoms with Crippen molar-refractivity contribution in [3.8, 4) is 16.2 Å². The summed E-state index contributed by atoms with van der Waals surface area (Å²) >= 11 is 5.18. The molecule has 0 spiro atoms. The van der Waals surface area contributed by atoms with Gasteiger partial charge in [0.05, 0.1) is 12.0 Å². The van der Waals surface area contributed by atoms with E-state index in [1.165, 1.54) is 0 Å². The van der Waals surface area contributed by atoms with Gasteiger partial charge in [0.15, 0.2) is 5.13 Å². The summed E-state index contributed by atoms with van der Waals surface area (Å²) in [6, 6.07) is 5.92. The highest BCUT2D eigenvalue weighted by Crippen LogP contribution is 2.36. The SMILES string of the molecule is CCNc1ncc(-c2cc(OC)ccc2Br)s1. The number of benzene rings is 1. The first-order chi connectivity index (χ1) is 8.24. The molecule has 0 atom stereocenters. The van der Waals surface area contributed by atoms with Crippen LogP contribution in [0.2, 0.25) is 0 Å². The van der Waals surface area contributed by atoms with Crippen molar-refractivity contribution in [2.45, 2.75) is 6.92 Å². The molecule has 0 amide bonds. The van der Waals surface area contributed by atoms with Crippen molar-refractivity contribution in [2.75, 3.05) is 19.0 Å². The van der Waals surface area contributed by atoms with Gasteiger partial charge in [0.2, 0.25) is 0 Å². The number of halogens is 1. The molecule has 0 saturated heterocycles. The maximum absolute atomic E-state index is 5.23. The van der Waals surface area contributed by atoms with Gasteiger partial charge >= 0.3 is 0 Å². The van der Waals surface area contributed by atoms with Crippen LogP contribution in [0.1, 0.15) is 6.92 Å². The molecule has 2 rings (SSSR count). The lowest BCUT2D eigenvalue weighted by atomic mass is 10.2. The fourth-order valence-electron chi connectivity index (χ4n) is 1.45. The number of thiazole rings is 1. The number of hydrogen-bond acceptors (Lipinski definition) is 4. The summed E-state index contributed by atoms with van der Waals surface area (Å²) < 4.78 is 6.28. The van der Waals surface area contributed by atoms with Gasteiger partial charge in [-0.3, -0.25) is 0 Å². The van der Waals surface area contributed by atoms with E-state index < -0.39 is 0 Å². The molecule has 90 valence electrons. The maximum Gasteiger partial charge on any atom is 0.183 e. The topological polar surface area (TPSA) is 34.2 Å². The minimum absolute atomic E-state index is 0.849. The van der Waals surface area contributed by atoms with Crippen LogP contribution in [-0.2, 0) is 0 Å². The molecule has 1 aromatic heterocycles. The van der Waals surface area contributed by atoms with Gasteiger partial charge in [-0.15, -0.1) is 0 Å². The molecule has 0 unspecified atom stereocenters. The molecule has 0 fully saturated rings. The number of nitrogens with zero attached hydrogens (tertiary/aromatic N) is 1. The first kappa shape index (κ1) is 12.4. The zero-order valence-electron chi connectivity index (χ0n) is 9.66. The molecule has 0 radical (unpaired) electrons. The second kappa shape index (κ2) is 5.51. The van der Waals surface area contributed by atoms with Crippen molar-refractivity contribution in [3.05, 3.63) is 28.9 Å². The van der Waals surface area contributed by atoms with Gasteiger partial charge in [-0.05, 0) is 25.1 Å². The van der Waals surface area contributed by atoms with Gasteiger partial charge in [-0.2, -0.15) is 0 Å². The Hall–Kier alpha value is -1.07. The van der Waals surface area contributed by atoms with E-state index in [1.54, 1.807) is 18.4 Å². The molecule has 2 aromatic rings. The number of aromatic nitrogens is 1. The summed E-state index contributed by atoms with van der Waals surface area (Å²) in [6.07, 6.45) is 1.88. The predicted octanol–water partition coefficient (Wildman–Crippen LogP) is 4.01. The number of rotatable bonds is 4. The summed E-state index contributed by atoms with van der Waals surface area (Å²) in [7, 11) is 1.67. The van der Waals surface area contributed by atoms with Crippen LogP contribution < -0.4 is 10.1 Å². The first-order valence-electron chi connectivity index (χ1n) is 5.28. The van der Waals surface area contributed by atoms with E-state index in [0.29, 0.717) is 0 Å². The van der Waals surface area contributed by atoms with E-state index >= 15 is 0 Å². The summed E-state index contributed by atoms with van der Waals surface area (Å²) in [4.78, 5) is 5.44. The van der Waals surface area contributed by atoms with Crippen molar-refractivity contribution >= 4 is 32.4 Å². The lowest BCUT2D eigenvalue weighted by Crippen LogP contribution is -1.94. The lowest BCUT2D eigenvalue weighted by molar-refractivity contribution is 0.415. The van der Waals surface area contributed by atoms with E-state index in [2.05, 4.69) is 33.2 Å². The van der Waals surface area contributed by atoms with E-state index in [9.17, 15) is 0 Å². The van der Waals surface area contributed by atoms with E-state index in [1.807, 2.05) is 24.4 Å². The van der Waals surface area contributed by atoms with Gasteiger partial charge in [-0.1, -0.05) is 27.3 Å². The second-order valence-electron chi connectivity index (χ2n) is 3.41. The molecule has 5 heteroatoms. The second-order valence-corrected chi connectivity index (χ2v) is 5.29. The highest BCUT2D eigenvalue weighted by Gasteiger charge is 2.08. The highest BCUT2D eigenvalue weighted by atomic mass is 79.9. The molecule has 0 aliphatic carbocycles. The Bertz CT molecular complexity index is 513. The number of methoxy groups -OCH3 is 1. The third kappa shape index (κ3) is 2.79. The van der Waals surface area contributed by atoms with Gasteiger partial charge in [0, 0.05) is 22.8 Å². The van der Waals surface area contributed by atoms with Crippen molar-refractivity contribution in [3.63, 3.8) is 0 Å². The Kier molecular flexibility index (Phi) is 4.02. The summed E-state index contributed by atoms with van der Waals surface area (Å²) in [5.41, 5.74) is 1.10. The lowest BCUT2D eigenvalue weighted by Gasteiger charge is -2.04. The van der Waals surface area contributed by atoms with Crippen molar-refractivity contribution < 1.29 is 4.74 Å². The minimum Gasteiger partial charge on any atom is -0.497 e. The number of nitrogens with one attached hydrogen (secondary N) is 1. The molecule has 0 bridgehead atoms. The normalized spacial score (nSPS) is 10.3. The van der Waals surface area contributed by atoms with Crippen LogP contribution in [0.5, 0.6) is 5.75 Å². The molecule has 0 aliphatic rings. The zero-order chi connectivity index (χ0) is 12.3. The molecule has 1 aromatic carbocycles. The third-order valence-electron chi connectivity index (χ3n) is 2.27. The van der Waals surface area contributed by atoms with Crippen LogP contribution in [0.25, 0.3) is 10.4 Å². The van der Waals surface area contributed by atoms with Crippen LogP contribution in [0.4, 0.5) is 5.13 Å². The van der Waals surface area contributed by atoms with Crippen molar-refractivity contribution in [1.29, 1.82) is 0 Å². The molecule has 1 heterocycles. The first-order valence-corrected chi connectivity index (χ1v) is 6.89. The van der Waals surface area contributed by atoms with Gasteiger partial charge in [-0.25, -0.2) is 4.98 Å². The summed E-state index contributed by atoms with van der Waals surface area (Å²) in [5, 5.41) is 4.15. The predicted molar refractivity (Wildman–Crippen MR) is 76.0 cm³/mol. The fourth-order valence-corrected chi connectivity index (χ4v) is 2.96. The Balaban J connectivity index is 2.37. The van der Waals surface area contributed by atoms with Gasteiger partial charge in [0.25, 0.3) is 0 Å². The molecular weight excluding hydrogens is 300 g/mol. The zero-order valence-corrected chi connectivity index (χ0v) is 12.1. The Morgan fingerprint density at radius 3 is 3.00 bits per heavy atom. The van der Waals surface area contributed by atoms with Crippen LogP contribution in [0.15, 0.2) is 28.9 Å². The summed E-state index contributed by atoms with van der Waals surface area (Å²) in [6.45, 7) is 2.94. The van der Waals surface area contributed by atoms with E-state index in [4.69, 9.17) is 4.74 Å². The van der Waals surface area contributed by atoms with Crippen LogP contribution in [0, 0.1) is 0 Å². The Labute approximate surface area is 113 Å². The van der Waals surface area contributed by atoms with Crippen molar-refractivity contribution in [2.24, 2.45) is 0 Å². The van der Waals surface area contributed by atoms with Crippen LogP contribution >= 0.6 is 27.3 Å². The number of anilines is 1. The number of ether oxygens (including phenoxy) is 1. The van der Waals surface area contributed by atoms with Crippen molar-refractivity contribution in [1.82, 2.24) is 4.98 Å². The fraction of sp³-hybridized carbons (Fsp3) is 0.250. The third-order valence-corrected chi connectivity index (χ3v) is 3.95. The maximum atomic E-state index is 5.23. The van der Waals surface area contributed by atoms with Gasteiger partial charge < -0.3 is 10.1 Å². The molecule has 0 aliphatic heterocycles. The molecule has 1 N–H and O–H groups in total. The number of hydrogen-bond donors (Lipinski definition) is 1. The molecular formula is C12H13BrN2OS. The quantitative estimate of drug-likeness (QED) is 0.926. The molecule has 0 saturated carbocycles. The van der Waals surface area contributed by atoms with Crippen LogP contribution in [0.3, 0.4) is 0 Å². The highest BCUT2D eigenvalue weighted by molar-refractivity contribution is 9.10. The average Bonchev–Trinajstić information content (AvgIpc) is 2.79. The Morgan fingerprint density at radius 2 is 2.29 bits per heavy atom. The van der Waals surface area contributed by atoms with E-state index in [-0.39, 0.29) is 0 Å². The summed E-state index contributed by atoms with van der Waals surface area (Å²) in [5.74, 6) is 0.849. The largest absolute Gasteiger partial charge is 0.497 e. The standard InChI is InChI=1S/C12H13BrN2OS/c1-3-14-12-15-7-11(17-12)9-6-8(16-2)4-5-10(9)13/h4-7H,3H2,1-2H3,(H,14,15). The Morgan fingerprint density at radius 1 is 1.47 bits per heavy atom. The minimum atomic E-state index is 0.849. The monoisotopic (exact) mass is 312 g/mol.